The van der Waals surface area contributed by atoms with Crippen molar-refractivity contribution in [3.8, 4) is 0 Å². The van der Waals surface area contributed by atoms with Crippen molar-refractivity contribution in [2.45, 2.75) is 55.3 Å². The number of nitrogens with zero attached hydrogens (tertiary/aromatic N) is 3. The van der Waals surface area contributed by atoms with E-state index in [9.17, 15) is 9.00 Å². The van der Waals surface area contributed by atoms with E-state index < -0.39 is 15.9 Å². The first kappa shape index (κ1) is 16.0. The Morgan fingerprint density at radius 2 is 2.08 bits per heavy atom. The molecule has 1 spiro atoms. The van der Waals surface area contributed by atoms with Crippen LogP contribution in [0.2, 0.25) is 0 Å². The van der Waals surface area contributed by atoms with Crippen LogP contribution in [0.5, 0.6) is 0 Å². The maximum atomic E-state index is 12.7. The lowest BCUT2D eigenvalue weighted by molar-refractivity contribution is 0.251. The second-order valence-electron chi connectivity index (χ2n) is 7.52. The Balaban J connectivity index is 1.53. The smallest absolute Gasteiger partial charge is 0.305 e. The molecular weight excluding hydrogens is 352 g/mol. The van der Waals surface area contributed by atoms with Crippen LogP contribution in [-0.2, 0) is 34.6 Å². The summed E-state index contributed by atoms with van der Waals surface area (Å²) in [5.74, 6) is 0. The third-order valence-corrected chi connectivity index (χ3v) is 6.79. The molecule has 2 heterocycles. The fourth-order valence-corrected chi connectivity index (χ4v) is 4.78. The van der Waals surface area contributed by atoms with Crippen molar-refractivity contribution in [2.24, 2.45) is 5.14 Å². The molecule has 9 heteroatoms. The summed E-state index contributed by atoms with van der Waals surface area (Å²) >= 11 is 0. The van der Waals surface area contributed by atoms with Crippen LogP contribution in [-0.4, -0.2) is 25.0 Å². The molecule has 0 radical (unpaired) electrons. The second-order valence-corrected chi connectivity index (χ2v) is 9.20. The molecule has 1 unspecified atom stereocenters. The highest BCUT2D eigenvalue weighted by atomic mass is 32.2. The Kier molecular flexibility index (Phi) is 3.15. The molecule has 1 amide bonds. The number of nitrogens with two attached hydrogens (primary N) is 1. The molecule has 0 aliphatic heterocycles. The Morgan fingerprint density at radius 1 is 1.27 bits per heavy atom. The van der Waals surface area contributed by atoms with Gasteiger partial charge in [-0.15, -0.1) is 0 Å². The Bertz CT molecular complexity index is 1050. The Morgan fingerprint density at radius 3 is 2.77 bits per heavy atom. The van der Waals surface area contributed by atoms with Crippen LogP contribution < -0.4 is 10.5 Å². The van der Waals surface area contributed by atoms with Gasteiger partial charge in [-0.2, -0.15) is 9.78 Å². The fourth-order valence-electron chi connectivity index (χ4n) is 4.31. The maximum absolute atomic E-state index is 12.7. The number of hydrogen-bond donors (Lipinski definition) is 3. The van der Waals surface area contributed by atoms with E-state index in [1.165, 1.54) is 36.5 Å². The highest BCUT2D eigenvalue weighted by Crippen LogP contribution is 2.58. The minimum absolute atomic E-state index is 0.0368. The van der Waals surface area contributed by atoms with Gasteiger partial charge in [0.15, 0.2) is 0 Å². The number of aromatic nitrogens is 3. The number of carbonyl (C=O) groups is 1. The van der Waals surface area contributed by atoms with Gasteiger partial charge in [-0.1, -0.05) is 0 Å². The van der Waals surface area contributed by atoms with E-state index in [4.69, 9.17) is 14.9 Å². The van der Waals surface area contributed by atoms with Gasteiger partial charge < -0.3 is 5.32 Å². The summed E-state index contributed by atoms with van der Waals surface area (Å²) in [7, 11) is -3.39. The zero-order valence-electron chi connectivity index (χ0n) is 14.2. The van der Waals surface area contributed by atoms with Crippen LogP contribution in [0.1, 0.15) is 48.2 Å². The van der Waals surface area contributed by atoms with Crippen molar-refractivity contribution < 1.29 is 9.00 Å². The highest BCUT2D eigenvalue weighted by molar-refractivity contribution is 7.90. The number of rotatable bonds is 2. The van der Waals surface area contributed by atoms with E-state index in [0.717, 1.165) is 53.7 Å². The topological polar surface area (TPSA) is 127 Å². The lowest BCUT2D eigenvalue weighted by atomic mass is 10.0. The molecule has 0 saturated heterocycles. The van der Waals surface area contributed by atoms with Crippen LogP contribution in [0.4, 0.5) is 10.5 Å². The quantitative estimate of drug-likeness (QED) is 0.746. The molecule has 2 aromatic rings. The number of amides is 1. The predicted octanol–water partition coefficient (Wildman–Crippen LogP) is 2.10. The van der Waals surface area contributed by atoms with Crippen LogP contribution in [0.25, 0.3) is 0 Å². The normalized spacial score (nSPS) is 21.3. The van der Waals surface area contributed by atoms with Gasteiger partial charge in [0.05, 0.1) is 23.8 Å². The maximum Gasteiger partial charge on any atom is 0.346 e. The lowest BCUT2D eigenvalue weighted by Crippen LogP contribution is -2.22. The van der Waals surface area contributed by atoms with Crippen molar-refractivity contribution in [2.75, 3.05) is 5.32 Å². The number of aryl methyl sites for hydroxylation is 1. The van der Waals surface area contributed by atoms with Gasteiger partial charge in [0.25, 0.3) is 0 Å². The van der Waals surface area contributed by atoms with Crippen molar-refractivity contribution in [3.63, 3.8) is 0 Å². The Hall–Kier alpha value is -2.26. The van der Waals surface area contributed by atoms with Gasteiger partial charge in [0.2, 0.25) is 0 Å². The third-order valence-electron chi connectivity index (χ3n) is 5.88. The van der Waals surface area contributed by atoms with Gasteiger partial charge in [-0.3, -0.25) is 4.98 Å². The van der Waals surface area contributed by atoms with E-state index in [0.29, 0.717) is 0 Å². The van der Waals surface area contributed by atoms with E-state index in [-0.39, 0.29) is 10.3 Å². The van der Waals surface area contributed by atoms with Gasteiger partial charge in [-0.05, 0) is 56.1 Å². The highest BCUT2D eigenvalue weighted by Gasteiger charge is 2.51. The first-order chi connectivity index (χ1) is 12.4. The molecule has 26 heavy (non-hydrogen) atoms. The van der Waals surface area contributed by atoms with Crippen LogP contribution in [0.3, 0.4) is 0 Å². The second kappa shape index (κ2) is 5.14. The summed E-state index contributed by atoms with van der Waals surface area (Å²) in [6.45, 7) is 0. The molecule has 136 valence electrons. The van der Waals surface area contributed by atoms with Gasteiger partial charge in [-0.25, -0.2) is 18.9 Å². The van der Waals surface area contributed by atoms with Crippen molar-refractivity contribution in [3.05, 3.63) is 34.9 Å². The van der Waals surface area contributed by atoms with Crippen molar-refractivity contribution in [1.29, 1.82) is 4.78 Å². The standard InChI is InChI=1S/C17H20N6O2S/c18-26(19,25)10-8-20-23(9-10)16(24)22-14-11-2-1-3-13(11)21-15-12(14)4-5-17(15)6-7-17/h8-9H,1-7H2,(H3,18,19,25)(H,21,22,24). The summed E-state index contributed by atoms with van der Waals surface area (Å²) < 4.78 is 20.1. The molecule has 3 aliphatic rings. The first-order valence-corrected chi connectivity index (χ1v) is 10.5. The van der Waals surface area contributed by atoms with Gasteiger partial charge >= 0.3 is 6.03 Å². The first-order valence-electron chi connectivity index (χ1n) is 8.85. The number of anilines is 1. The SMILES string of the molecule is N=S(N)(=O)c1cnn(C(=O)Nc2c3c(nc4c2CCC42CC2)CCC3)c1. The van der Waals surface area contributed by atoms with E-state index in [2.05, 4.69) is 10.4 Å². The number of nitrogens with one attached hydrogen (secondary N) is 2. The molecule has 4 N–H and O–H groups in total. The molecule has 0 aromatic carbocycles. The number of pyridine rings is 1. The minimum atomic E-state index is -3.39. The summed E-state index contributed by atoms with van der Waals surface area (Å²) in [6.07, 6.45) is 9.84. The minimum Gasteiger partial charge on any atom is -0.305 e. The predicted molar refractivity (Wildman–Crippen MR) is 95.5 cm³/mol. The van der Waals surface area contributed by atoms with E-state index in [1.54, 1.807) is 0 Å². The van der Waals surface area contributed by atoms with Crippen molar-refractivity contribution in [1.82, 2.24) is 14.8 Å². The van der Waals surface area contributed by atoms with Gasteiger partial charge in [0, 0.05) is 11.1 Å². The van der Waals surface area contributed by atoms with Crippen LogP contribution >= 0.6 is 0 Å². The monoisotopic (exact) mass is 372 g/mol. The summed E-state index contributed by atoms with van der Waals surface area (Å²) in [5.41, 5.74) is 5.77. The molecule has 1 saturated carbocycles. The molecule has 0 bridgehead atoms. The molecule has 8 nitrogen and oxygen atoms in total. The van der Waals surface area contributed by atoms with Crippen molar-refractivity contribution >= 4 is 21.6 Å². The molecule has 3 aliphatic carbocycles. The average molecular weight is 372 g/mol. The molecule has 2 aromatic heterocycles. The van der Waals surface area contributed by atoms with Gasteiger partial charge in [0.1, 0.15) is 14.8 Å². The molecular formula is C17H20N6O2S. The fraction of sp³-hybridized carbons (Fsp3) is 0.471. The molecule has 1 fully saturated rings. The van der Waals surface area contributed by atoms with E-state index >= 15 is 0 Å². The zero-order valence-corrected chi connectivity index (χ0v) is 15.1. The number of fused-ring (bicyclic) bond motifs is 3. The zero-order chi connectivity index (χ0) is 18.1. The summed E-state index contributed by atoms with van der Waals surface area (Å²) in [5, 5.41) is 12.2. The third kappa shape index (κ3) is 2.30. The molecule has 1 atom stereocenters. The van der Waals surface area contributed by atoms with E-state index in [1.807, 2.05) is 0 Å². The van der Waals surface area contributed by atoms with Crippen LogP contribution in [0, 0.1) is 4.78 Å². The van der Waals surface area contributed by atoms with Crippen LogP contribution in [0.15, 0.2) is 17.3 Å². The number of hydrogen-bond acceptors (Lipinski definition) is 5. The lowest BCUT2D eigenvalue weighted by Gasteiger charge is -2.16. The summed E-state index contributed by atoms with van der Waals surface area (Å²) in [4.78, 5) is 17.7. The molecule has 5 rings (SSSR count). The number of carbonyl (C=O) groups excluding carboxylic acids is 1. The summed E-state index contributed by atoms with van der Waals surface area (Å²) in [6, 6.07) is -0.431. The average Bonchev–Trinajstić information content (AvgIpc) is 2.96. The Labute approximate surface area is 151 Å². The largest absolute Gasteiger partial charge is 0.346 e.